The lowest BCUT2D eigenvalue weighted by Crippen LogP contribution is -2.33. The lowest BCUT2D eigenvalue weighted by Gasteiger charge is -2.14. The van der Waals surface area contributed by atoms with E-state index in [-0.39, 0.29) is 18.9 Å². The van der Waals surface area contributed by atoms with Crippen LogP contribution in [0.1, 0.15) is 24.8 Å². The van der Waals surface area contributed by atoms with E-state index in [0.29, 0.717) is 11.1 Å². The normalized spacial score (nSPS) is 11.7. The first kappa shape index (κ1) is 16.7. The van der Waals surface area contributed by atoms with Crippen LogP contribution in [0.4, 0.5) is 4.39 Å². The number of hydrogen-bond acceptors (Lipinski definition) is 3. The van der Waals surface area contributed by atoms with E-state index in [1.807, 2.05) is 30.3 Å². The SMILES string of the molecule is C[C@H](C(=O)NCCC(=O)[O-])c1ccc(-c2ccccc2)c(F)c1. The Bertz CT molecular complexity index is 701. The number of carbonyl (C=O) groups excluding carboxylic acids is 2. The predicted octanol–water partition coefficient (Wildman–Crippen LogP) is 1.85. The Hall–Kier alpha value is -2.69. The van der Waals surface area contributed by atoms with Gasteiger partial charge in [0.2, 0.25) is 5.91 Å². The molecule has 0 bridgehead atoms. The summed E-state index contributed by atoms with van der Waals surface area (Å²) in [4.78, 5) is 22.3. The minimum absolute atomic E-state index is 0.00388. The maximum atomic E-state index is 14.3. The number of benzene rings is 2. The lowest BCUT2D eigenvalue weighted by atomic mass is 9.96. The Kier molecular flexibility index (Phi) is 5.46. The monoisotopic (exact) mass is 314 g/mol. The molecule has 23 heavy (non-hydrogen) atoms. The molecule has 0 saturated carbocycles. The molecule has 0 heterocycles. The maximum Gasteiger partial charge on any atom is 0.227 e. The number of rotatable bonds is 6. The Morgan fingerprint density at radius 2 is 1.87 bits per heavy atom. The van der Waals surface area contributed by atoms with Crippen LogP contribution in [0.3, 0.4) is 0 Å². The summed E-state index contributed by atoms with van der Waals surface area (Å²) in [5.74, 6) is -2.55. The van der Waals surface area contributed by atoms with Gasteiger partial charge in [0, 0.05) is 24.5 Å². The van der Waals surface area contributed by atoms with Crippen molar-refractivity contribution in [3.63, 3.8) is 0 Å². The molecule has 0 fully saturated rings. The third-order valence-electron chi connectivity index (χ3n) is 3.60. The van der Waals surface area contributed by atoms with Crippen molar-refractivity contribution in [3.05, 3.63) is 59.9 Å². The molecule has 2 aromatic carbocycles. The molecule has 0 unspecified atom stereocenters. The van der Waals surface area contributed by atoms with Crippen LogP contribution in [0.2, 0.25) is 0 Å². The van der Waals surface area contributed by atoms with Gasteiger partial charge in [0.25, 0.3) is 0 Å². The zero-order valence-corrected chi connectivity index (χ0v) is 12.7. The van der Waals surface area contributed by atoms with Crippen LogP contribution in [-0.4, -0.2) is 18.4 Å². The first-order valence-corrected chi connectivity index (χ1v) is 7.31. The topological polar surface area (TPSA) is 69.2 Å². The molecule has 5 heteroatoms. The van der Waals surface area contributed by atoms with E-state index in [4.69, 9.17) is 0 Å². The highest BCUT2D eigenvalue weighted by Gasteiger charge is 2.16. The van der Waals surface area contributed by atoms with Gasteiger partial charge in [-0.15, -0.1) is 0 Å². The minimum Gasteiger partial charge on any atom is -0.550 e. The zero-order valence-electron chi connectivity index (χ0n) is 12.7. The second kappa shape index (κ2) is 7.54. The molecule has 0 radical (unpaired) electrons. The Labute approximate surface area is 134 Å². The van der Waals surface area contributed by atoms with Crippen molar-refractivity contribution in [1.29, 1.82) is 0 Å². The summed E-state index contributed by atoms with van der Waals surface area (Å²) in [6, 6.07) is 13.8. The summed E-state index contributed by atoms with van der Waals surface area (Å²) in [5, 5.41) is 12.8. The summed E-state index contributed by atoms with van der Waals surface area (Å²) in [6.45, 7) is 1.64. The van der Waals surface area contributed by atoms with Gasteiger partial charge in [0.1, 0.15) is 5.82 Å². The van der Waals surface area contributed by atoms with E-state index < -0.39 is 17.7 Å². The van der Waals surface area contributed by atoms with E-state index in [2.05, 4.69) is 5.32 Å². The molecular formula is C18H17FNO3-. The smallest absolute Gasteiger partial charge is 0.227 e. The number of carboxylic acids is 1. The van der Waals surface area contributed by atoms with Crippen molar-refractivity contribution >= 4 is 11.9 Å². The Balaban J connectivity index is 2.10. The van der Waals surface area contributed by atoms with Gasteiger partial charge in [0.15, 0.2) is 0 Å². The van der Waals surface area contributed by atoms with Crippen LogP contribution >= 0.6 is 0 Å². The average molecular weight is 314 g/mol. The molecule has 1 atom stereocenters. The molecule has 120 valence electrons. The second-order valence-corrected chi connectivity index (χ2v) is 5.24. The second-order valence-electron chi connectivity index (χ2n) is 5.24. The number of carboxylic acid groups (broad SMARTS) is 1. The first-order chi connectivity index (χ1) is 11.0. The number of amides is 1. The van der Waals surface area contributed by atoms with Gasteiger partial charge in [0.05, 0.1) is 5.92 Å². The lowest BCUT2D eigenvalue weighted by molar-refractivity contribution is -0.305. The van der Waals surface area contributed by atoms with Gasteiger partial charge < -0.3 is 15.2 Å². The summed E-state index contributed by atoms with van der Waals surface area (Å²) < 4.78 is 14.3. The van der Waals surface area contributed by atoms with Crippen LogP contribution in [0.5, 0.6) is 0 Å². The molecule has 2 aromatic rings. The standard InChI is InChI=1S/C18H18FNO3/c1-12(18(23)20-10-9-17(21)22)14-7-8-15(16(19)11-14)13-5-3-2-4-6-13/h2-8,11-12H,9-10H2,1H3,(H,20,23)(H,21,22)/p-1/t12-/m0/s1. The summed E-state index contributed by atoms with van der Waals surface area (Å²) in [6.07, 6.45) is -0.250. The van der Waals surface area contributed by atoms with Gasteiger partial charge in [-0.2, -0.15) is 0 Å². The van der Waals surface area contributed by atoms with Gasteiger partial charge in [-0.25, -0.2) is 4.39 Å². The summed E-state index contributed by atoms with van der Waals surface area (Å²) in [5.41, 5.74) is 1.77. The van der Waals surface area contributed by atoms with Gasteiger partial charge in [-0.05, 0) is 24.1 Å². The first-order valence-electron chi connectivity index (χ1n) is 7.31. The fraction of sp³-hybridized carbons (Fsp3) is 0.222. The minimum atomic E-state index is -1.23. The largest absolute Gasteiger partial charge is 0.550 e. The van der Waals surface area contributed by atoms with Crippen LogP contribution in [0.15, 0.2) is 48.5 Å². The van der Waals surface area contributed by atoms with Crippen LogP contribution in [0.25, 0.3) is 11.1 Å². The van der Waals surface area contributed by atoms with Crippen molar-refractivity contribution in [2.75, 3.05) is 6.54 Å². The predicted molar refractivity (Wildman–Crippen MR) is 82.9 cm³/mol. The summed E-state index contributed by atoms with van der Waals surface area (Å²) in [7, 11) is 0. The molecule has 0 aliphatic rings. The molecule has 1 N–H and O–H groups in total. The third-order valence-corrected chi connectivity index (χ3v) is 3.60. The fourth-order valence-corrected chi connectivity index (χ4v) is 2.24. The van der Waals surface area contributed by atoms with E-state index >= 15 is 0 Å². The van der Waals surface area contributed by atoms with Crippen molar-refractivity contribution in [1.82, 2.24) is 5.32 Å². The molecule has 4 nitrogen and oxygen atoms in total. The molecule has 0 aliphatic carbocycles. The van der Waals surface area contributed by atoms with E-state index in [1.54, 1.807) is 19.1 Å². The fourth-order valence-electron chi connectivity index (χ4n) is 2.24. The highest BCUT2D eigenvalue weighted by Crippen LogP contribution is 2.26. The molecule has 0 spiro atoms. The number of nitrogens with one attached hydrogen (secondary N) is 1. The molecule has 0 aromatic heterocycles. The van der Waals surface area contributed by atoms with Crippen molar-refractivity contribution in [3.8, 4) is 11.1 Å². The van der Waals surface area contributed by atoms with Crippen LogP contribution in [0, 0.1) is 5.82 Å². The highest BCUT2D eigenvalue weighted by atomic mass is 19.1. The van der Waals surface area contributed by atoms with Crippen molar-refractivity contribution in [2.45, 2.75) is 19.3 Å². The Morgan fingerprint density at radius 3 is 2.48 bits per heavy atom. The van der Waals surface area contributed by atoms with Crippen LogP contribution < -0.4 is 10.4 Å². The molecule has 0 saturated heterocycles. The van der Waals surface area contributed by atoms with Crippen molar-refractivity contribution in [2.24, 2.45) is 0 Å². The van der Waals surface area contributed by atoms with Gasteiger partial charge in [-0.1, -0.05) is 42.5 Å². The van der Waals surface area contributed by atoms with Crippen LogP contribution in [-0.2, 0) is 9.59 Å². The number of halogens is 1. The average Bonchev–Trinajstić information content (AvgIpc) is 2.54. The number of aliphatic carboxylic acids is 1. The zero-order chi connectivity index (χ0) is 16.8. The highest BCUT2D eigenvalue weighted by molar-refractivity contribution is 5.83. The third kappa shape index (κ3) is 4.39. The van der Waals surface area contributed by atoms with Crippen molar-refractivity contribution < 1.29 is 19.1 Å². The molecule has 1 amide bonds. The summed E-state index contributed by atoms with van der Waals surface area (Å²) >= 11 is 0. The van der Waals surface area contributed by atoms with E-state index in [1.165, 1.54) is 6.07 Å². The Morgan fingerprint density at radius 1 is 1.17 bits per heavy atom. The van der Waals surface area contributed by atoms with E-state index in [0.717, 1.165) is 5.56 Å². The quantitative estimate of drug-likeness (QED) is 0.884. The number of hydrogen-bond donors (Lipinski definition) is 1. The van der Waals surface area contributed by atoms with E-state index in [9.17, 15) is 19.1 Å². The maximum absolute atomic E-state index is 14.3. The molecular weight excluding hydrogens is 297 g/mol. The van der Waals surface area contributed by atoms with Gasteiger partial charge >= 0.3 is 0 Å². The molecule has 0 aliphatic heterocycles. The number of carbonyl (C=O) groups is 2. The van der Waals surface area contributed by atoms with Gasteiger partial charge in [-0.3, -0.25) is 4.79 Å². The molecule has 2 rings (SSSR count).